The SMILES string of the molecule is COc1cc(C(=O)O)cc(OC)c1-c1ccc(CC(NC(=O)c2c(Cl)cc(C=O)cc2Cl)C(=O)O)cc1. The molecule has 3 rings (SSSR count). The Bertz CT molecular complexity index is 1320. The molecule has 3 N–H and O–H groups in total. The predicted molar refractivity (Wildman–Crippen MR) is 136 cm³/mol. The second kappa shape index (κ2) is 11.8. The van der Waals surface area contributed by atoms with Crippen molar-refractivity contribution in [3.05, 3.63) is 80.8 Å². The molecule has 0 heterocycles. The zero-order valence-electron chi connectivity index (χ0n) is 19.6. The van der Waals surface area contributed by atoms with Gasteiger partial charge in [-0.1, -0.05) is 47.5 Å². The molecule has 3 aromatic rings. The van der Waals surface area contributed by atoms with Crippen molar-refractivity contribution in [1.82, 2.24) is 5.32 Å². The monoisotopic (exact) mass is 545 g/mol. The number of carbonyl (C=O) groups excluding carboxylic acids is 2. The van der Waals surface area contributed by atoms with Crippen molar-refractivity contribution in [2.75, 3.05) is 14.2 Å². The quantitative estimate of drug-likeness (QED) is 0.313. The van der Waals surface area contributed by atoms with Gasteiger partial charge in [0.1, 0.15) is 23.8 Å². The molecule has 0 saturated heterocycles. The minimum absolute atomic E-state index is 0.00452. The second-order valence-corrected chi connectivity index (χ2v) is 8.62. The van der Waals surface area contributed by atoms with Gasteiger partial charge in [-0.15, -0.1) is 0 Å². The summed E-state index contributed by atoms with van der Waals surface area (Å²) in [6, 6.07) is 10.7. The van der Waals surface area contributed by atoms with Crippen LogP contribution in [0.2, 0.25) is 10.0 Å². The fourth-order valence-electron chi connectivity index (χ4n) is 3.67. The second-order valence-electron chi connectivity index (χ2n) is 7.80. The molecule has 9 nitrogen and oxygen atoms in total. The summed E-state index contributed by atoms with van der Waals surface area (Å²) in [4.78, 5) is 47.0. The number of carbonyl (C=O) groups is 4. The van der Waals surface area contributed by atoms with Gasteiger partial charge in [0.05, 0.1) is 41.0 Å². The van der Waals surface area contributed by atoms with Gasteiger partial charge >= 0.3 is 11.9 Å². The number of rotatable bonds is 10. The number of aldehydes is 1. The molecule has 0 saturated carbocycles. The zero-order valence-corrected chi connectivity index (χ0v) is 21.1. The minimum Gasteiger partial charge on any atom is -0.496 e. The number of aromatic carboxylic acids is 1. The van der Waals surface area contributed by atoms with Crippen molar-refractivity contribution in [3.63, 3.8) is 0 Å². The van der Waals surface area contributed by atoms with E-state index in [2.05, 4.69) is 5.32 Å². The van der Waals surface area contributed by atoms with Crippen LogP contribution in [-0.2, 0) is 11.2 Å². The van der Waals surface area contributed by atoms with Gasteiger partial charge in [0, 0.05) is 12.0 Å². The minimum atomic E-state index is -1.31. The number of aliphatic carboxylic acids is 1. The highest BCUT2D eigenvalue weighted by atomic mass is 35.5. The number of nitrogens with one attached hydrogen (secondary N) is 1. The highest BCUT2D eigenvalue weighted by Gasteiger charge is 2.25. The Kier molecular flexibility index (Phi) is 8.75. The van der Waals surface area contributed by atoms with Crippen LogP contribution >= 0.6 is 23.2 Å². The number of amides is 1. The van der Waals surface area contributed by atoms with Crippen molar-refractivity contribution in [2.24, 2.45) is 0 Å². The molecule has 192 valence electrons. The number of methoxy groups -OCH3 is 2. The Labute approximate surface area is 221 Å². The van der Waals surface area contributed by atoms with Crippen LogP contribution in [0, 0.1) is 0 Å². The number of carboxylic acid groups (broad SMARTS) is 2. The molecule has 1 amide bonds. The molecule has 0 radical (unpaired) electrons. The lowest BCUT2D eigenvalue weighted by Gasteiger charge is -2.17. The maximum absolute atomic E-state index is 12.7. The van der Waals surface area contributed by atoms with E-state index in [-0.39, 0.29) is 44.7 Å². The molecule has 0 spiro atoms. The highest BCUT2D eigenvalue weighted by Crippen LogP contribution is 2.39. The van der Waals surface area contributed by atoms with E-state index in [1.54, 1.807) is 24.3 Å². The van der Waals surface area contributed by atoms with Crippen LogP contribution in [0.25, 0.3) is 11.1 Å². The molecular formula is C26H21Cl2NO8. The van der Waals surface area contributed by atoms with E-state index in [1.807, 2.05) is 0 Å². The number of hydrogen-bond donors (Lipinski definition) is 3. The molecule has 11 heteroatoms. The van der Waals surface area contributed by atoms with Crippen molar-refractivity contribution in [2.45, 2.75) is 12.5 Å². The van der Waals surface area contributed by atoms with Crippen molar-refractivity contribution < 1.29 is 38.9 Å². The molecule has 0 fully saturated rings. The largest absolute Gasteiger partial charge is 0.496 e. The van der Waals surface area contributed by atoms with Gasteiger partial charge in [0.2, 0.25) is 0 Å². The zero-order chi connectivity index (χ0) is 27.3. The van der Waals surface area contributed by atoms with Crippen LogP contribution in [0.4, 0.5) is 0 Å². The van der Waals surface area contributed by atoms with Crippen molar-refractivity contribution in [1.29, 1.82) is 0 Å². The molecular weight excluding hydrogens is 525 g/mol. The van der Waals surface area contributed by atoms with E-state index in [0.717, 1.165) is 0 Å². The first-order chi connectivity index (χ1) is 17.6. The normalized spacial score (nSPS) is 11.4. The number of ether oxygens (including phenoxy) is 2. The number of hydrogen-bond acceptors (Lipinski definition) is 6. The first kappa shape index (κ1) is 27.5. The Hall–Kier alpha value is -4.08. The van der Waals surface area contributed by atoms with Crippen LogP contribution < -0.4 is 14.8 Å². The molecule has 0 aliphatic rings. The third-order valence-electron chi connectivity index (χ3n) is 5.47. The molecule has 0 bridgehead atoms. The fraction of sp³-hybridized carbons (Fsp3) is 0.154. The van der Waals surface area contributed by atoms with Crippen molar-refractivity contribution >= 4 is 47.3 Å². The van der Waals surface area contributed by atoms with E-state index in [9.17, 15) is 29.4 Å². The molecule has 37 heavy (non-hydrogen) atoms. The molecule has 1 atom stereocenters. The first-order valence-electron chi connectivity index (χ1n) is 10.7. The molecule has 0 aromatic heterocycles. The standard InChI is InChI=1S/C26H21Cl2NO8/c1-36-20-10-16(25(32)33)11-21(37-2)22(20)15-5-3-13(4-6-15)9-19(26(34)35)29-24(31)23-17(27)7-14(12-30)8-18(23)28/h3-8,10-12,19H,9H2,1-2H3,(H,29,31)(H,32,33)(H,34,35). The summed E-state index contributed by atoms with van der Waals surface area (Å²) in [7, 11) is 2.81. The van der Waals surface area contributed by atoms with Crippen LogP contribution in [0.1, 0.15) is 36.6 Å². The number of halogens is 2. The van der Waals surface area contributed by atoms with E-state index in [0.29, 0.717) is 23.0 Å². The maximum atomic E-state index is 12.7. The Balaban J connectivity index is 1.86. The molecule has 1 unspecified atom stereocenters. The molecule has 3 aromatic carbocycles. The summed E-state index contributed by atoms with van der Waals surface area (Å²) in [5.41, 5.74) is 1.78. The summed E-state index contributed by atoms with van der Waals surface area (Å²) >= 11 is 12.2. The summed E-state index contributed by atoms with van der Waals surface area (Å²) in [6.07, 6.45) is 0.462. The van der Waals surface area contributed by atoms with E-state index in [1.165, 1.54) is 38.5 Å². The third kappa shape index (κ3) is 6.19. The number of carboxylic acids is 2. The topological polar surface area (TPSA) is 139 Å². The van der Waals surface area contributed by atoms with Gasteiger partial charge in [-0.3, -0.25) is 9.59 Å². The summed E-state index contributed by atoms with van der Waals surface area (Å²) in [5.74, 6) is -2.64. The Morgan fingerprint density at radius 1 is 0.946 bits per heavy atom. The Morgan fingerprint density at radius 2 is 1.49 bits per heavy atom. The van der Waals surface area contributed by atoms with Gasteiger partial charge < -0.3 is 25.0 Å². The van der Waals surface area contributed by atoms with Gasteiger partial charge in [-0.05, 0) is 35.4 Å². The van der Waals surface area contributed by atoms with Crippen LogP contribution in [0.3, 0.4) is 0 Å². The van der Waals surface area contributed by atoms with E-state index < -0.39 is 23.9 Å². The van der Waals surface area contributed by atoms with Crippen LogP contribution in [0.15, 0.2) is 48.5 Å². The summed E-state index contributed by atoms with van der Waals surface area (Å²) in [5, 5.41) is 21.2. The highest BCUT2D eigenvalue weighted by molar-refractivity contribution is 6.40. The fourth-order valence-corrected chi connectivity index (χ4v) is 4.35. The van der Waals surface area contributed by atoms with Crippen LogP contribution in [-0.4, -0.2) is 54.6 Å². The predicted octanol–water partition coefficient (Wildman–Crippen LogP) is 4.61. The first-order valence-corrected chi connectivity index (χ1v) is 11.4. The van der Waals surface area contributed by atoms with Gasteiger partial charge in [0.15, 0.2) is 0 Å². The molecule has 0 aliphatic carbocycles. The smallest absolute Gasteiger partial charge is 0.335 e. The third-order valence-corrected chi connectivity index (χ3v) is 6.06. The lowest BCUT2D eigenvalue weighted by atomic mass is 9.98. The summed E-state index contributed by atoms with van der Waals surface area (Å²) in [6.45, 7) is 0. The van der Waals surface area contributed by atoms with E-state index >= 15 is 0 Å². The lowest BCUT2D eigenvalue weighted by molar-refractivity contribution is -0.139. The van der Waals surface area contributed by atoms with Crippen LogP contribution in [0.5, 0.6) is 11.5 Å². The maximum Gasteiger partial charge on any atom is 0.335 e. The number of benzene rings is 3. The lowest BCUT2D eigenvalue weighted by Crippen LogP contribution is -2.42. The average Bonchev–Trinajstić information content (AvgIpc) is 2.87. The average molecular weight is 546 g/mol. The van der Waals surface area contributed by atoms with Crippen molar-refractivity contribution in [3.8, 4) is 22.6 Å². The van der Waals surface area contributed by atoms with Gasteiger partial charge in [-0.2, -0.15) is 0 Å². The summed E-state index contributed by atoms with van der Waals surface area (Å²) < 4.78 is 10.7. The molecule has 0 aliphatic heterocycles. The van der Waals surface area contributed by atoms with E-state index in [4.69, 9.17) is 32.7 Å². The Morgan fingerprint density at radius 3 is 1.92 bits per heavy atom. The van der Waals surface area contributed by atoms with Gasteiger partial charge in [-0.25, -0.2) is 9.59 Å². The van der Waals surface area contributed by atoms with Gasteiger partial charge in [0.25, 0.3) is 5.91 Å².